The van der Waals surface area contributed by atoms with Gasteiger partial charge < -0.3 is 15.4 Å². The van der Waals surface area contributed by atoms with Crippen LogP contribution in [0.5, 0.6) is 5.75 Å². The van der Waals surface area contributed by atoms with Crippen molar-refractivity contribution in [3.05, 3.63) is 40.6 Å². The van der Waals surface area contributed by atoms with Crippen molar-refractivity contribution in [3.8, 4) is 88.6 Å². The van der Waals surface area contributed by atoms with Crippen LogP contribution >= 0.6 is 0 Å². The summed E-state index contributed by atoms with van der Waals surface area (Å²) in [4.78, 5) is 35.8. The molecule has 0 aliphatic carbocycles. The summed E-state index contributed by atoms with van der Waals surface area (Å²) in [5.74, 6) is 35.8. The SMILES string of the molecule is CC#CC#CC#CC#CC#CC#CC#Cc1cccc(OCC)c1C1NC(=O)NC(C)=C1C(=O)C=O.[HH].[HH].[HH].[HH].[HH].[HH].[HH].[HH].[HH].[HH].[HH]. The van der Waals surface area contributed by atoms with Gasteiger partial charge in [-0.05, 0) is 104 Å². The Labute approximate surface area is 227 Å². The van der Waals surface area contributed by atoms with Gasteiger partial charge >= 0.3 is 6.03 Å². The number of carbonyl (C=O) groups is 3. The molecule has 1 aromatic carbocycles. The van der Waals surface area contributed by atoms with Gasteiger partial charge in [-0.25, -0.2) is 4.79 Å². The number of rotatable bonds is 5. The first-order valence-electron chi connectivity index (χ1n) is 10.5. The smallest absolute Gasteiger partial charge is 0.319 e. The quantitative estimate of drug-likeness (QED) is 0.358. The van der Waals surface area contributed by atoms with Crippen molar-refractivity contribution in [2.45, 2.75) is 26.8 Å². The Morgan fingerprint density at radius 2 is 1.58 bits per heavy atom. The highest BCUT2D eigenvalue weighted by atomic mass is 16.5. The van der Waals surface area contributed by atoms with Crippen molar-refractivity contribution in [1.29, 1.82) is 0 Å². The summed E-state index contributed by atoms with van der Waals surface area (Å²) in [6.07, 6.45) is 0.201. The Hall–Kier alpha value is -5.71. The maximum absolute atomic E-state index is 12.4. The van der Waals surface area contributed by atoms with Crippen LogP contribution in [0.3, 0.4) is 0 Å². The number of carbonyl (C=O) groups excluding carboxylic acids is 3. The molecule has 6 heteroatoms. The van der Waals surface area contributed by atoms with Crippen molar-refractivity contribution in [1.82, 2.24) is 10.6 Å². The fourth-order valence-corrected chi connectivity index (χ4v) is 3.01. The average molecular weight is 493 g/mol. The number of ether oxygens (including phenoxy) is 1. The van der Waals surface area contributed by atoms with Crippen LogP contribution in [0, 0.1) is 82.9 Å². The number of urea groups is 1. The number of Topliss-reactive ketones (excluding diaryl/α,β-unsaturated/α-hetero) is 1. The van der Waals surface area contributed by atoms with E-state index >= 15 is 0 Å². The standard InChI is InChI=1S/C30H18N2O4.11H2/c1-4-6-7-8-9-10-11-12-13-14-15-16-17-19-24-20-18-21-26(36-5-2)28(24)29-27(25(34)22-33)23(3)31-30(35)32-29;;;;;;;;;;;/h18,20-22,29H,5H2,1-3H3,(H2,31,32,35);11*1H. The molecular weight excluding hydrogens is 452 g/mol. The minimum atomic E-state index is -0.939. The van der Waals surface area contributed by atoms with Gasteiger partial charge in [-0.2, -0.15) is 0 Å². The second-order valence-corrected chi connectivity index (χ2v) is 6.58. The first kappa shape index (κ1) is 26.5. The first-order chi connectivity index (χ1) is 17.5. The van der Waals surface area contributed by atoms with E-state index in [-0.39, 0.29) is 33.2 Å². The second kappa shape index (κ2) is 14.4. The predicted molar refractivity (Wildman–Crippen MR) is 158 cm³/mol. The lowest BCUT2D eigenvalue weighted by Crippen LogP contribution is -2.45. The lowest BCUT2D eigenvalue weighted by atomic mass is 9.89. The minimum absolute atomic E-state index is 0. The number of hydrogen-bond donors (Lipinski definition) is 2. The van der Waals surface area contributed by atoms with E-state index in [1.54, 1.807) is 39.0 Å². The van der Waals surface area contributed by atoms with Crippen LogP contribution in [-0.4, -0.2) is 24.7 Å². The summed E-state index contributed by atoms with van der Waals surface area (Å²) < 4.78 is 5.72. The summed E-state index contributed by atoms with van der Waals surface area (Å²) in [7, 11) is 0. The van der Waals surface area contributed by atoms with Crippen molar-refractivity contribution < 1.29 is 34.8 Å². The summed E-state index contributed by atoms with van der Waals surface area (Å²) in [6, 6.07) is 3.66. The molecule has 1 unspecified atom stereocenters. The van der Waals surface area contributed by atoms with Crippen LogP contribution in [0.1, 0.15) is 53.6 Å². The molecule has 0 radical (unpaired) electrons. The van der Waals surface area contributed by atoms with Crippen LogP contribution in [0.4, 0.5) is 4.79 Å². The van der Waals surface area contributed by atoms with E-state index in [0.717, 1.165) is 0 Å². The molecule has 2 N–H and O–H groups in total. The molecule has 194 valence electrons. The average Bonchev–Trinajstić information content (AvgIpc) is 2.86. The molecule has 1 atom stereocenters. The summed E-state index contributed by atoms with van der Waals surface area (Å²) in [6.45, 7) is 5.36. The molecule has 6 nitrogen and oxygen atoms in total. The van der Waals surface area contributed by atoms with Gasteiger partial charge in [-0.1, -0.05) is 17.9 Å². The third-order valence-corrected chi connectivity index (χ3v) is 4.31. The summed E-state index contributed by atoms with van der Waals surface area (Å²) in [5, 5.41) is 5.20. The lowest BCUT2D eigenvalue weighted by Gasteiger charge is -2.29. The molecular formula is C30H40N2O4. The zero-order valence-electron chi connectivity index (χ0n) is 19.7. The van der Waals surface area contributed by atoms with Gasteiger partial charge in [-0.3, -0.25) is 9.59 Å². The topological polar surface area (TPSA) is 84.5 Å². The number of amides is 2. The van der Waals surface area contributed by atoms with E-state index in [1.165, 1.54) is 0 Å². The van der Waals surface area contributed by atoms with Gasteiger partial charge in [0.15, 0.2) is 6.29 Å². The number of hydrogen-bond acceptors (Lipinski definition) is 4. The molecule has 2 rings (SSSR count). The van der Waals surface area contributed by atoms with E-state index in [4.69, 9.17) is 4.74 Å². The molecule has 2 amide bonds. The summed E-state index contributed by atoms with van der Waals surface area (Å²) >= 11 is 0. The Balaban J connectivity index is -0.000000156. The first-order valence-corrected chi connectivity index (χ1v) is 10.5. The van der Waals surface area contributed by atoms with Crippen LogP contribution in [0.15, 0.2) is 29.5 Å². The molecule has 1 aliphatic rings. The lowest BCUT2D eigenvalue weighted by molar-refractivity contribution is -0.127. The number of ketones is 1. The molecule has 0 saturated heterocycles. The molecule has 0 saturated carbocycles. The maximum atomic E-state index is 12.4. The van der Waals surface area contributed by atoms with Gasteiger partial charge in [0.2, 0.25) is 5.78 Å². The number of aldehydes is 1. The van der Waals surface area contributed by atoms with Gasteiger partial charge in [0.1, 0.15) is 5.75 Å². The van der Waals surface area contributed by atoms with Crippen molar-refractivity contribution in [3.63, 3.8) is 0 Å². The van der Waals surface area contributed by atoms with Gasteiger partial charge in [0.05, 0.1) is 12.6 Å². The number of benzene rings is 1. The van der Waals surface area contributed by atoms with Crippen molar-refractivity contribution in [2.24, 2.45) is 0 Å². The molecule has 1 aliphatic heterocycles. The fourth-order valence-electron chi connectivity index (χ4n) is 3.01. The van der Waals surface area contributed by atoms with E-state index in [9.17, 15) is 14.4 Å². The third kappa shape index (κ3) is 7.71. The van der Waals surface area contributed by atoms with Gasteiger partial charge in [-0.15, -0.1) is 0 Å². The van der Waals surface area contributed by atoms with Crippen LogP contribution in [0.2, 0.25) is 0 Å². The molecule has 0 fully saturated rings. The van der Waals surface area contributed by atoms with E-state index < -0.39 is 17.9 Å². The third-order valence-electron chi connectivity index (χ3n) is 4.31. The number of allylic oxidation sites excluding steroid dienone is 1. The van der Waals surface area contributed by atoms with Crippen molar-refractivity contribution in [2.75, 3.05) is 6.61 Å². The highest BCUT2D eigenvalue weighted by Crippen LogP contribution is 2.35. The van der Waals surface area contributed by atoms with Gasteiger partial charge in [0, 0.05) is 38.1 Å². The zero-order chi connectivity index (χ0) is 26.2. The normalized spacial score (nSPS) is 12.3. The highest BCUT2D eigenvalue weighted by Gasteiger charge is 2.34. The second-order valence-electron chi connectivity index (χ2n) is 6.58. The minimum Gasteiger partial charge on any atom is -0.493 e. The fraction of sp³-hybridized carbons (Fsp3) is 0.167. The zero-order valence-corrected chi connectivity index (χ0v) is 19.7. The Bertz CT molecular complexity index is 1600. The largest absolute Gasteiger partial charge is 0.493 e. The molecule has 1 aromatic rings. The molecule has 1 heterocycles. The molecule has 0 bridgehead atoms. The predicted octanol–water partition coefficient (Wildman–Crippen LogP) is 4.58. The summed E-state index contributed by atoms with van der Waals surface area (Å²) in [5.41, 5.74) is 1.27. The van der Waals surface area contributed by atoms with Crippen LogP contribution in [0.25, 0.3) is 0 Å². The Kier molecular flexibility index (Phi) is 10.6. The van der Waals surface area contributed by atoms with Crippen LogP contribution < -0.4 is 15.4 Å². The Morgan fingerprint density at radius 1 is 1.00 bits per heavy atom. The van der Waals surface area contributed by atoms with Crippen LogP contribution in [-0.2, 0) is 9.59 Å². The van der Waals surface area contributed by atoms with Crippen molar-refractivity contribution >= 4 is 18.1 Å². The monoisotopic (exact) mass is 492 g/mol. The van der Waals surface area contributed by atoms with E-state index in [0.29, 0.717) is 23.5 Å². The van der Waals surface area contributed by atoms with Gasteiger partial charge in [0.25, 0.3) is 0 Å². The van der Waals surface area contributed by atoms with E-state index in [2.05, 4.69) is 93.5 Å². The highest BCUT2D eigenvalue weighted by molar-refractivity contribution is 6.34. The van der Waals surface area contributed by atoms with E-state index in [1.807, 2.05) is 0 Å². The molecule has 0 spiro atoms. The molecule has 0 aromatic heterocycles. The Morgan fingerprint density at radius 3 is 2.14 bits per heavy atom. The maximum Gasteiger partial charge on any atom is 0.319 e. The number of nitrogens with one attached hydrogen (secondary N) is 2. The molecule has 36 heavy (non-hydrogen) atoms.